The van der Waals surface area contributed by atoms with Gasteiger partial charge in [0.2, 0.25) is 0 Å². The van der Waals surface area contributed by atoms with E-state index in [2.05, 4.69) is 89.3 Å². The third-order valence-electron chi connectivity index (χ3n) is 8.62. The summed E-state index contributed by atoms with van der Waals surface area (Å²) in [6.07, 6.45) is 4.38. The molecule has 0 saturated carbocycles. The van der Waals surface area contributed by atoms with Crippen LogP contribution in [0, 0.1) is 0 Å². The van der Waals surface area contributed by atoms with Crippen LogP contribution in [0.5, 0.6) is 0 Å². The van der Waals surface area contributed by atoms with Crippen molar-refractivity contribution in [2.24, 2.45) is 0 Å². The molecule has 3 aromatic heterocycles. The van der Waals surface area contributed by atoms with Gasteiger partial charge in [0.1, 0.15) is 5.82 Å². The van der Waals surface area contributed by atoms with E-state index in [4.69, 9.17) is 15.0 Å². The predicted molar refractivity (Wildman–Crippen MR) is 188 cm³/mol. The number of likely N-dealkylation sites (N-methyl/N-ethyl adjacent to an activating group) is 1. The van der Waals surface area contributed by atoms with Crippen molar-refractivity contribution < 1.29 is 0 Å². The molecule has 9 rings (SSSR count). The fraction of sp³-hybridized carbons (Fsp3) is 0.0513. The molecule has 0 unspecified atom stereocenters. The average Bonchev–Trinajstić information content (AvgIpc) is 3.62. The first-order valence-corrected chi connectivity index (χ1v) is 15.9. The monoisotopic (exact) mass is 597 g/mol. The Labute approximate surface area is 264 Å². The Morgan fingerprint density at radius 1 is 0.533 bits per heavy atom. The second-order valence-corrected chi connectivity index (χ2v) is 12.5. The lowest BCUT2D eigenvalue weighted by molar-refractivity contribution is 0.513. The molecule has 0 amide bonds. The van der Waals surface area contributed by atoms with Crippen LogP contribution >= 0.6 is 11.3 Å². The molecule has 1 aliphatic rings. The fourth-order valence-corrected chi connectivity index (χ4v) is 7.59. The molecule has 5 aromatic carbocycles. The topological polar surface area (TPSA) is 46.8 Å². The molecule has 0 saturated heterocycles. The standard InChI is InChI=1S/C39H27N5S/c1-43-24-27(39-41-37(25-12-4-2-5-13-25)40-38(42-39)26-14-6-3-7-15-26)20-21-36(43)44-32-18-10-8-16-28(32)30-22-31-29-17-9-11-19-34(29)45-35(31)23-33(30)44/h2-23H,24H2,1H3. The Morgan fingerprint density at radius 3 is 1.87 bits per heavy atom. The van der Waals surface area contributed by atoms with Crippen molar-refractivity contribution in [3.8, 4) is 22.8 Å². The van der Waals surface area contributed by atoms with E-state index >= 15 is 0 Å². The van der Waals surface area contributed by atoms with Crippen LogP contribution in [0.25, 0.3) is 76.1 Å². The fourth-order valence-electron chi connectivity index (χ4n) is 6.47. The number of hydrogen-bond donors (Lipinski definition) is 0. The highest BCUT2D eigenvalue weighted by molar-refractivity contribution is 7.25. The summed E-state index contributed by atoms with van der Waals surface area (Å²) in [5.74, 6) is 3.16. The molecule has 0 fully saturated rings. The summed E-state index contributed by atoms with van der Waals surface area (Å²) < 4.78 is 5.02. The van der Waals surface area contributed by atoms with Crippen LogP contribution < -0.4 is 0 Å². The first-order chi connectivity index (χ1) is 22.2. The molecule has 0 radical (unpaired) electrons. The molecule has 214 valence electrons. The summed E-state index contributed by atoms with van der Waals surface area (Å²) in [6, 6.07) is 42.4. The zero-order valence-electron chi connectivity index (χ0n) is 24.6. The number of rotatable bonds is 4. The number of benzene rings is 5. The first kappa shape index (κ1) is 25.9. The van der Waals surface area contributed by atoms with E-state index in [9.17, 15) is 0 Å². The van der Waals surface area contributed by atoms with Crippen LogP contribution in [0.1, 0.15) is 5.82 Å². The van der Waals surface area contributed by atoms with Gasteiger partial charge >= 0.3 is 0 Å². The van der Waals surface area contributed by atoms with Gasteiger partial charge in [-0.15, -0.1) is 11.3 Å². The van der Waals surface area contributed by atoms with Crippen LogP contribution in [0.15, 0.2) is 133 Å². The van der Waals surface area contributed by atoms with Gasteiger partial charge in [0, 0.05) is 61.2 Å². The Morgan fingerprint density at radius 2 is 1.16 bits per heavy atom. The number of thiophene rings is 1. The third kappa shape index (κ3) is 4.25. The summed E-state index contributed by atoms with van der Waals surface area (Å²) in [5.41, 5.74) is 5.39. The van der Waals surface area contributed by atoms with E-state index in [0.717, 1.165) is 22.5 Å². The highest BCUT2D eigenvalue weighted by atomic mass is 32.1. The van der Waals surface area contributed by atoms with Crippen molar-refractivity contribution in [1.29, 1.82) is 0 Å². The lowest BCUT2D eigenvalue weighted by Crippen LogP contribution is -2.25. The van der Waals surface area contributed by atoms with Crippen LogP contribution in [0.2, 0.25) is 0 Å². The maximum Gasteiger partial charge on any atom is 0.164 e. The van der Waals surface area contributed by atoms with Crippen molar-refractivity contribution >= 4 is 64.7 Å². The van der Waals surface area contributed by atoms with E-state index < -0.39 is 0 Å². The molecular formula is C39H27N5S. The molecule has 0 aliphatic carbocycles. The maximum absolute atomic E-state index is 4.98. The van der Waals surface area contributed by atoms with Crippen molar-refractivity contribution in [3.05, 3.63) is 139 Å². The quantitative estimate of drug-likeness (QED) is 0.203. The van der Waals surface area contributed by atoms with Crippen molar-refractivity contribution in [1.82, 2.24) is 24.4 Å². The second kappa shape index (κ2) is 10.3. The summed E-state index contributed by atoms with van der Waals surface area (Å²) in [7, 11) is 2.15. The van der Waals surface area contributed by atoms with Gasteiger partial charge in [-0.3, -0.25) is 4.57 Å². The maximum atomic E-state index is 4.98. The molecule has 45 heavy (non-hydrogen) atoms. The molecule has 1 aliphatic heterocycles. The van der Waals surface area contributed by atoms with E-state index in [0.29, 0.717) is 24.0 Å². The van der Waals surface area contributed by atoms with Gasteiger partial charge in [-0.25, -0.2) is 15.0 Å². The number of allylic oxidation sites excluding steroid dienone is 2. The summed E-state index contributed by atoms with van der Waals surface area (Å²) >= 11 is 1.86. The van der Waals surface area contributed by atoms with Gasteiger partial charge in [0.05, 0.1) is 11.0 Å². The summed E-state index contributed by atoms with van der Waals surface area (Å²) in [4.78, 5) is 17.1. The minimum Gasteiger partial charge on any atom is -0.356 e. The highest BCUT2D eigenvalue weighted by Crippen LogP contribution is 2.41. The number of para-hydroxylation sites is 1. The van der Waals surface area contributed by atoms with Gasteiger partial charge in [0.15, 0.2) is 17.5 Å². The van der Waals surface area contributed by atoms with E-state index in [-0.39, 0.29) is 0 Å². The minimum absolute atomic E-state index is 0.664. The summed E-state index contributed by atoms with van der Waals surface area (Å²) in [5, 5.41) is 5.16. The van der Waals surface area contributed by atoms with Crippen LogP contribution in [0.3, 0.4) is 0 Å². The zero-order valence-corrected chi connectivity index (χ0v) is 25.4. The molecule has 4 heterocycles. The van der Waals surface area contributed by atoms with Crippen LogP contribution in [-0.2, 0) is 0 Å². The molecular weight excluding hydrogens is 571 g/mol. The Bertz CT molecular complexity index is 2410. The zero-order chi connectivity index (χ0) is 29.9. The van der Waals surface area contributed by atoms with E-state index in [1.165, 1.54) is 42.0 Å². The Kier molecular flexibility index (Phi) is 5.89. The van der Waals surface area contributed by atoms with Crippen molar-refractivity contribution in [2.75, 3.05) is 13.6 Å². The smallest absolute Gasteiger partial charge is 0.164 e. The number of aromatic nitrogens is 4. The largest absolute Gasteiger partial charge is 0.356 e. The third-order valence-corrected chi connectivity index (χ3v) is 9.75. The normalized spacial score (nSPS) is 13.6. The Hall–Kier alpha value is -5.59. The van der Waals surface area contributed by atoms with Gasteiger partial charge in [-0.1, -0.05) is 97.1 Å². The van der Waals surface area contributed by atoms with Gasteiger partial charge in [-0.2, -0.15) is 0 Å². The lowest BCUT2D eigenvalue weighted by atomic mass is 10.1. The molecule has 5 nitrogen and oxygen atoms in total. The van der Waals surface area contributed by atoms with Gasteiger partial charge < -0.3 is 4.90 Å². The SMILES string of the molecule is CN1CC(c2nc(-c3ccccc3)nc(-c3ccccc3)n2)=CC=C1n1c2ccccc2c2cc3c(cc21)sc1ccccc13. The Balaban J connectivity index is 1.22. The predicted octanol–water partition coefficient (Wildman–Crippen LogP) is 9.51. The lowest BCUT2D eigenvalue weighted by Gasteiger charge is -2.28. The number of fused-ring (bicyclic) bond motifs is 6. The highest BCUT2D eigenvalue weighted by Gasteiger charge is 2.23. The van der Waals surface area contributed by atoms with Crippen molar-refractivity contribution in [2.45, 2.75) is 0 Å². The molecule has 6 heteroatoms. The average molecular weight is 598 g/mol. The molecule has 0 bridgehead atoms. The van der Waals surface area contributed by atoms with Gasteiger partial charge in [0.25, 0.3) is 0 Å². The number of nitrogens with zero attached hydrogens (tertiary/aromatic N) is 5. The molecule has 0 spiro atoms. The summed E-state index contributed by atoms with van der Waals surface area (Å²) in [6.45, 7) is 0.664. The van der Waals surface area contributed by atoms with E-state index in [1.54, 1.807) is 0 Å². The van der Waals surface area contributed by atoms with Crippen LogP contribution in [-0.4, -0.2) is 38.0 Å². The first-order valence-electron chi connectivity index (χ1n) is 15.1. The van der Waals surface area contributed by atoms with Gasteiger partial charge in [-0.05, 0) is 36.4 Å². The number of hydrogen-bond acceptors (Lipinski definition) is 5. The molecule has 0 N–H and O–H groups in total. The second-order valence-electron chi connectivity index (χ2n) is 11.4. The van der Waals surface area contributed by atoms with Crippen LogP contribution in [0.4, 0.5) is 0 Å². The van der Waals surface area contributed by atoms with Crippen molar-refractivity contribution in [3.63, 3.8) is 0 Å². The van der Waals surface area contributed by atoms with E-state index in [1.807, 2.05) is 72.0 Å². The molecule has 0 atom stereocenters. The molecule has 8 aromatic rings. The minimum atomic E-state index is 0.664.